The molecule has 0 aromatic heterocycles. The van der Waals surface area contributed by atoms with Gasteiger partial charge in [0.2, 0.25) is 17.7 Å². The molecule has 0 unspecified atom stereocenters. The molecule has 5 heteroatoms. The number of carbonyl (C=O) groups is 3. The van der Waals surface area contributed by atoms with Crippen molar-refractivity contribution in [2.24, 2.45) is 0 Å². The minimum absolute atomic E-state index is 0.179. The second-order valence-electron chi connectivity index (χ2n) is 5.57. The SMILES string of the molecule is O=C(CN1C(=O)CCC1=O)Nc1cccc2c1CCCC2. The lowest BCUT2D eigenvalue weighted by molar-refractivity contribution is -0.141. The molecule has 1 aliphatic heterocycles. The topological polar surface area (TPSA) is 66.5 Å². The Bertz CT molecular complexity index is 594. The van der Waals surface area contributed by atoms with Crippen molar-refractivity contribution in [2.45, 2.75) is 38.5 Å². The molecule has 1 saturated heterocycles. The zero-order valence-electron chi connectivity index (χ0n) is 11.9. The van der Waals surface area contributed by atoms with Gasteiger partial charge in [0.25, 0.3) is 0 Å². The smallest absolute Gasteiger partial charge is 0.244 e. The molecule has 2 aliphatic rings. The number of imide groups is 1. The first kappa shape index (κ1) is 13.8. The molecule has 1 N–H and O–H groups in total. The predicted molar refractivity (Wildman–Crippen MR) is 77.7 cm³/mol. The van der Waals surface area contributed by atoms with E-state index in [1.807, 2.05) is 12.1 Å². The minimum atomic E-state index is -0.308. The van der Waals surface area contributed by atoms with Crippen LogP contribution in [0.4, 0.5) is 5.69 Å². The molecule has 0 spiro atoms. The lowest BCUT2D eigenvalue weighted by Crippen LogP contribution is -2.37. The van der Waals surface area contributed by atoms with E-state index < -0.39 is 0 Å². The van der Waals surface area contributed by atoms with Crippen molar-refractivity contribution in [3.8, 4) is 0 Å². The van der Waals surface area contributed by atoms with Crippen LogP contribution in [0.25, 0.3) is 0 Å². The zero-order valence-corrected chi connectivity index (χ0v) is 11.9. The van der Waals surface area contributed by atoms with Gasteiger partial charge in [-0.3, -0.25) is 19.3 Å². The standard InChI is InChI=1S/C16H18N2O3/c19-14(10-18-15(20)8-9-16(18)21)17-13-7-3-5-11-4-1-2-6-12(11)13/h3,5,7H,1-2,4,6,8-10H2,(H,17,19). The van der Waals surface area contributed by atoms with Gasteiger partial charge in [-0.05, 0) is 42.9 Å². The van der Waals surface area contributed by atoms with Crippen LogP contribution in [0.2, 0.25) is 0 Å². The minimum Gasteiger partial charge on any atom is -0.324 e. The van der Waals surface area contributed by atoms with Crippen molar-refractivity contribution in [1.82, 2.24) is 4.90 Å². The molecule has 0 radical (unpaired) electrons. The van der Waals surface area contributed by atoms with Crippen molar-refractivity contribution < 1.29 is 14.4 Å². The Morgan fingerprint density at radius 3 is 2.52 bits per heavy atom. The van der Waals surface area contributed by atoms with E-state index in [2.05, 4.69) is 11.4 Å². The van der Waals surface area contributed by atoms with E-state index in [4.69, 9.17) is 0 Å². The average Bonchev–Trinajstić information content (AvgIpc) is 2.79. The number of hydrogen-bond donors (Lipinski definition) is 1. The third-order valence-corrected chi connectivity index (χ3v) is 4.13. The highest BCUT2D eigenvalue weighted by Gasteiger charge is 2.30. The third-order valence-electron chi connectivity index (χ3n) is 4.13. The van der Waals surface area contributed by atoms with Crippen LogP contribution in [0.5, 0.6) is 0 Å². The fourth-order valence-electron chi connectivity index (χ4n) is 3.03. The van der Waals surface area contributed by atoms with Gasteiger partial charge in [0.15, 0.2) is 0 Å². The summed E-state index contributed by atoms with van der Waals surface area (Å²) in [4.78, 5) is 36.2. The van der Waals surface area contributed by atoms with E-state index in [0.29, 0.717) is 0 Å². The number of hydrogen-bond acceptors (Lipinski definition) is 3. The molecule has 0 atom stereocenters. The fourth-order valence-corrected chi connectivity index (χ4v) is 3.03. The monoisotopic (exact) mass is 286 g/mol. The van der Waals surface area contributed by atoms with E-state index in [0.717, 1.165) is 29.8 Å². The van der Waals surface area contributed by atoms with Crippen molar-refractivity contribution in [3.63, 3.8) is 0 Å². The number of benzene rings is 1. The molecular weight excluding hydrogens is 268 g/mol. The van der Waals surface area contributed by atoms with Crippen LogP contribution in [0.3, 0.4) is 0 Å². The van der Waals surface area contributed by atoms with E-state index in [1.165, 1.54) is 17.5 Å². The molecule has 3 rings (SSSR count). The first-order valence-corrected chi connectivity index (χ1v) is 7.39. The van der Waals surface area contributed by atoms with E-state index in [9.17, 15) is 14.4 Å². The largest absolute Gasteiger partial charge is 0.324 e. The predicted octanol–water partition coefficient (Wildman–Crippen LogP) is 1.65. The van der Waals surface area contributed by atoms with Gasteiger partial charge in [0.05, 0.1) is 0 Å². The van der Waals surface area contributed by atoms with Crippen LogP contribution in [0, 0.1) is 0 Å². The number of carbonyl (C=O) groups excluding carboxylic acids is 3. The third kappa shape index (κ3) is 2.82. The van der Waals surface area contributed by atoms with Crippen molar-refractivity contribution in [1.29, 1.82) is 0 Å². The van der Waals surface area contributed by atoms with Gasteiger partial charge >= 0.3 is 0 Å². The van der Waals surface area contributed by atoms with Gasteiger partial charge in [-0.1, -0.05) is 12.1 Å². The summed E-state index contributed by atoms with van der Waals surface area (Å²) in [5.74, 6) is -0.826. The molecule has 0 saturated carbocycles. The molecule has 1 aliphatic carbocycles. The normalized spacial score (nSPS) is 17.8. The Morgan fingerprint density at radius 1 is 1.05 bits per heavy atom. The molecule has 21 heavy (non-hydrogen) atoms. The Balaban J connectivity index is 1.70. The first-order valence-electron chi connectivity index (χ1n) is 7.39. The number of nitrogens with one attached hydrogen (secondary N) is 1. The summed E-state index contributed by atoms with van der Waals surface area (Å²) >= 11 is 0. The summed E-state index contributed by atoms with van der Waals surface area (Å²) in [6, 6.07) is 5.92. The molecule has 3 amide bonds. The first-order chi connectivity index (χ1) is 10.1. The summed E-state index contributed by atoms with van der Waals surface area (Å²) in [6.45, 7) is -0.179. The Labute approximate surface area is 123 Å². The zero-order chi connectivity index (χ0) is 14.8. The molecule has 1 aromatic rings. The number of amides is 3. The number of fused-ring (bicyclic) bond motifs is 1. The summed E-state index contributed by atoms with van der Waals surface area (Å²) in [6.07, 6.45) is 4.75. The summed E-state index contributed by atoms with van der Waals surface area (Å²) in [7, 11) is 0. The Hall–Kier alpha value is -2.17. The van der Waals surface area contributed by atoms with Crippen molar-refractivity contribution in [2.75, 3.05) is 11.9 Å². The van der Waals surface area contributed by atoms with E-state index in [1.54, 1.807) is 0 Å². The highest BCUT2D eigenvalue weighted by molar-refractivity contribution is 6.06. The highest BCUT2D eigenvalue weighted by Crippen LogP contribution is 2.27. The van der Waals surface area contributed by atoms with Crippen LogP contribution < -0.4 is 5.32 Å². The van der Waals surface area contributed by atoms with Gasteiger partial charge < -0.3 is 5.32 Å². The molecular formula is C16H18N2O3. The van der Waals surface area contributed by atoms with E-state index >= 15 is 0 Å². The van der Waals surface area contributed by atoms with Gasteiger partial charge in [-0.15, -0.1) is 0 Å². The van der Waals surface area contributed by atoms with Gasteiger partial charge in [-0.2, -0.15) is 0 Å². The van der Waals surface area contributed by atoms with Gasteiger partial charge in [0, 0.05) is 18.5 Å². The number of nitrogens with zero attached hydrogens (tertiary/aromatic N) is 1. The molecule has 110 valence electrons. The van der Waals surface area contributed by atoms with Crippen LogP contribution in [-0.4, -0.2) is 29.2 Å². The molecule has 0 bridgehead atoms. The van der Waals surface area contributed by atoms with E-state index in [-0.39, 0.29) is 37.1 Å². The lowest BCUT2D eigenvalue weighted by Gasteiger charge is -2.20. The number of rotatable bonds is 3. The number of likely N-dealkylation sites (tertiary alicyclic amines) is 1. The molecule has 1 heterocycles. The fraction of sp³-hybridized carbons (Fsp3) is 0.438. The number of aryl methyl sites for hydroxylation is 1. The van der Waals surface area contributed by atoms with Gasteiger partial charge in [-0.25, -0.2) is 0 Å². The molecule has 5 nitrogen and oxygen atoms in total. The van der Waals surface area contributed by atoms with Crippen LogP contribution in [-0.2, 0) is 27.2 Å². The summed E-state index contributed by atoms with van der Waals surface area (Å²) in [5, 5.41) is 2.85. The van der Waals surface area contributed by atoms with Gasteiger partial charge in [0.1, 0.15) is 6.54 Å². The van der Waals surface area contributed by atoms with Crippen LogP contribution >= 0.6 is 0 Å². The highest BCUT2D eigenvalue weighted by atomic mass is 16.2. The summed E-state index contributed by atoms with van der Waals surface area (Å²) < 4.78 is 0. The van der Waals surface area contributed by atoms with Crippen molar-refractivity contribution in [3.05, 3.63) is 29.3 Å². The van der Waals surface area contributed by atoms with Crippen LogP contribution in [0.15, 0.2) is 18.2 Å². The maximum Gasteiger partial charge on any atom is 0.244 e. The maximum absolute atomic E-state index is 12.1. The molecule has 1 fully saturated rings. The Kier molecular flexibility index (Phi) is 3.73. The maximum atomic E-state index is 12.1. The van der Waals surface area contributed by atoms with Crippen molar-refractivity contribution >= 4 is 23.4 Å². The molecule has 1 aromatic carbocycles. The Morgan fingerprint density at radius 2 is 1.76 bits per heavy atom. The second-order valence-corrected chi connectivity index (χ2v) is 5.57. The van der Waals surface area contributed by atoms with Crippen LogP contribution in [0.1, 0.15) is 36.8 Å². The quantitative estimate of drug-likeness (QED) is 0.859. The lowest BCUT2D eigenvalue weighted by atomic mass is 9.90. The average molecular weight is 286 g/mol. The summed E-state index contributed by atoms with van der Waals surface area (Å²) in [5.41, 5.74) is 3.29. The number of anilines is 1. The second kappa shape index (κ2) is 5.68.